The summed E-state index contributed by atoms with van der Waals surface area (Å²) in [7, 11) is 0. The fraction of sp³-hybridized carbons (Fsp3) is 0.412. The van der Waals surface area contributed by atoms with Crippen molar-refractivity contribution in [2.24, 2.45) is 5.92 Å². The van der Waals surface area contributed by atoms with Gasteiger partial charge in [0.15, 0.2) is 11.5 Å². The van der Waals surface area contributed by atoms with Gasteiger partial charge in [-0.3, -0.25) is 0 Å². The zero-order valence-electron chi connectivity index (χ0n) is 12.5. The summed E-state index contributed by atoms with van der Waals surface area (Å²) in [6, 6.07) is 8.48. The summed E-state index contributed by atoms with van der Waals surface area (Å²) in [5.41, 5.74) is 2.55. The van der Waals surface area contributed by atoms with Gasteiger partial charge in [-0.05, 0) is 43.2 Å². The van der Waals surface area contributed by atoms with Crippen LogP contribution in [-0.4, -0.2) is 13.2 Å². The number of benzene rings is 1. The van der Waals surface area contributed by atoms with Gasteiger partial charge in [-0.15, -0.1) is 11.3 Å². The molecule has 4 heteroatoms. The van der Waals surface area contributed by atoms with E-state index in [0.717, 1.165) is 11.5 Å². The van der Waals surface area contributed by atoms with Gasteiger partial charge < -0.3 is 9.47 Å². The lowest BCUT2D eigenvalue weighted by molar-refractivity contribution is 0.228. The molecule has 2 heterocycles. The summed E-state index contributed by atoms with van der Waals surface area (Å²) in [5.74, 6) is 2.12. The van der Waals surface area contributed by atoms with Gasteiger partial charge in [0, 0.05) is 15.7 Å². The maximum Gasteiger partial charge on any atom is 0.161 e. The summed E-state index contributed by atoms with van der Waals surface area (Å²) in [4.78, 5) is 2.90. The lowest BCUT2D eigenvalue weighted by atomic mass is 10.1. The molecule has 2 nitrogen and oxygen atoms in total. The van der Waals surface area contributed by atoms with Gasteiger partial charge >= 0.3 is 0 Å². The number of aryl methyl sites for hydroxylation is 2. The standard InChI is InChI=1S/C17H19BrO2S/c1-10-8-19-14-5-4-13(7-15(14)20-9-10)17(18)16-6-11(2)12(3)21-16/h4-7,10,17H,8-9H2,1-3H3. The molecule has 3 rings (SSSR count). The number of fused-ring (bicyclic) bond motifs is 1. The zero-order chi connectivity index (χ0) is 15.0. The van der Waals surface area contributed by atoms with E-state index in [2.05, 4.69) is 54.9 Å². The lowest BCUT2D eigenvalue weighted by Crippen LogP contribution is -2.12. The molecule has 2 aromatic rings. The molecule has 0 aliphatic carbocycles. The predicted molar refractivity (Wildman–Crippen MR) is 91.2 cm³/mol. The molecule has 1 aliphatic rings. The molecule has 1 aromatic heterocycles. The van der Waals surface area contributed by atoms with Crippen LogP contribution in [0.15, 0.2) is 24.3 Å². The third-order valence-electron chi connectivity index (χ3n) is 3.74. The van der Waals surface area contributed by atoms with Crippen LogP contribution in [-0.2, 0) is 0 Å². The minimum Gasteiger partial charge on any atom is -0.489 e. The smallest absolute Gasteiger partial charge is 0.161 e. The molecule has 0 fully saturated rings. The van der Waals surface area contributed by atoms with Crippen LogP contribution in [0.5, 0.6) is 11.5 Å². The van der Waals surface area contributed by atoms with Crippen LogP contribution in [0.1, 0.15) is 32.6 Å². The fourth-order valence-corrected chi connectivity index (χ4v) is 4.06. The highest BCUT2D eigenvalue weighted by molar-refractivity contribution is 9.09. The normalized spacial score (nSPS) is 19.1. The van der Waals surface area contributed by atoms with Gasteiger partial charge in [-0.2, -0.15) is 0 Å². The van der Waals surface area contributed by atoms with Crippen molar-refractivity contribution in [3.8, 4) is 11.5 Å². The van der Waals surface area contributed by atoms with Crippen molar-refractivity contribution in [2.75, 3.05) is 13.2 Å². The number of alkyl halides is 1. The first kappa shape index (κ1) is 14.9. The summed E-state index contributed by atoms with van der Waals surface area (Å²) >= 11 is 5.66. The van der Waals surface area contributed by atoms with Crippen molar-refractivity contribution in [1.29, 1.82) is 0 Å². The van der Waals surface area contributed by atoms with E-state index in [9.17, 15) is 0 Å². The Labute approximate surface area is 138 Å². The van der Waals surface area contributed by atoms with Crippen molar-refractivity contribution in [3.63, 3.8) is 0 Å². The number of thiophene rings is 1. The van der Waals surface area contributed by atoms with Gasteiger partial charge in [0.05, 0.1) is 18.0 Å². The van der Waals surface area contributed by atoms with Gasteiger partial charge in [-0.1, -0.05) is 28.9 Å². The van der Waals surface area contributed by atoms with E-state index < -0.39 is 0 Å². The number of halogens is 1. The maximum absolute atomic E-state index is 5.87. The van der Waals surface area contributed by atoms with E-state index in [1.165, 1.54) is 20.9 Å². The highest BCUT2D eigenvalue weighted by Gasteiger charge is 2.19. The average molecular weight is 367 g/mol. The van der Waals surface area contributed by atoms with Crippen molar-refractivity contribution < 1.29 is 9.47 Å². The average Bonchev–Trinajstić information content (AvgIpc) is 2.70. The maximum atomic E-state index is 5.87. The van der Waals surface area contributed by atoms with Crippen molar-refractivity contribution >= 4 is 27.3 Å². The molecule has 0 saturated carbocycles. The molecule has 112 valence electrons. The summed E-state index contributed by atoms with van der Waals surface area (Å²) in [6.07, 6.45) is 0. The van der Waals surface area contributed by atoms with E-state index in [1.807, 2.05) is 17.4 Å². The van der Waals surface area contributed by atoms with Crippen LogP contribution in [0.3, 0.4) is 0 Å². The lowest BCUT2D eigenvalue weighted by Gasteiger charge is -2.12. The fourth-order valence-electron chi connectivity index (χ4n) is 2.32. The van der Waals surface area contributed by atoms with Crippen molar-refractivity contribution in [1.82, 2.24) is 0 Å². The third kappa shape index (κ3) is 3.11. The van der Waals surface area contributed by atoms with Crippen molar-refractivity contribution in [3.05, 3.63) is 45.1 Å². The Morgan fingerprint density at radius 1 is 1.14 bits per heavy atom. The summed E-state index contributed by atoms with van der Waals surface area (Å²) in [6.45, 7) is 7.88. The van der Waals surface area contributed by atoms with Gasteiger partial charge in [-0.25, -0.2) is 0 Å². The highest BCUT2D eigenvalue weighted by Crippen LogP contribution is 2.40. The molecule has 2 atom stereocenters. The van der Waals surface area contributed by atoms with E-state index in [4.69, 9.17) is 9.47 Å². The Kier molecular flexibility index (Phi) is 4.27. The Morgan fingerprint density at radius 2 is 1.86 bits per heavy atom. The van der Waals surface area contributed by atoms with E-state index in [1.54, 1.807) is 0 Å². The van der Waals surface area contributed by atoms with Crippen LogP contribution in [0, 0.1) is 19.8 Å². The molecule has 0 radical (unpaired) electrons. The Hall–Kier alpha value is -1.00. The van der Waals surface area contributed by atoms with E-state index >= 15 is 0 Å². The number of ether oxygens (including phenoxy) is 2. The molecule has 0 saturated heterocycles. The zero-order valence-corrected chi connectivity index (χ0v) is 14.9. The topological polar surface area (TPSA) is 18.5 Å². The monoisotopic (exact) mass is 366 g/mol. The number of hydrogen-bond donors (Lipinski definition) is 0. The van der Waals surface area contributed by atoms with Crippen molar-refractivity contribution in [2.45, 2.75) is 25.6 Å². The summed E-state index contributed by atoms with van der Waals surface area (Å²) < 4.78 is 11.7. The van der Waals surface area contributed by atoms with Gasteiger partial charge in [0.25, 0.3) is 0 Å². The van der Waals surface area contributed by atoms with E-state index in [0.29, 0.717) is 19.1 Å². The minimum atomic E-state index is 0.199. The first-order valence-corrected chi connectivity index (χ1v) is 8.88. The molecular weight excluding hydrogens is 348 g/mol. The minimum absolute atomic E-state index is 0.199. The molecule has 2 unspecified atom stereocenters. The quantitative estimate of drug-likeness (QED) is 0.675. The predicted octanol–water partition coefficient (Wildman–Crippen LogP) is 5.26. The second kappa shape index (κ2) is 6.01. The first-order valence-electron chi connectivity index (χ1n) is 7.15. The molecule has 0 spiro atoms. The first-order chi connectivity index (χ1) is 10.0. The molecule has 0 bridgehead atoms. The highest BCUT2D eigenvalue weighted by atomic mass is 79.9. The second-order valence-electron chi connectivity index (χ2n) is 5.68. The SMILES string of the molecule is Cc1cc(C(Br)c2ccc3c(c2)OCC(C)CO3)sc1C. The molecular formula is C17H19BrO2S. The molecule has 21 heavy (non-hydrogen) atoms. The second-order valence-corrected chi connectivity index (χ2v) is 7.89. The van der Waals surface area contributed by atoms with Gasteiger partial charge in [0.1, 0.15) is 0 Å². The van der Waals surface area contributed by atoms with Gasteiger partial charge in [0.2, 0.25) is 0 Å². The summed E-state index contributed by atoms with van der Waals surface area (Å²) in [5, 5.41) is 0. The molecule has 1 aliphatic heterocycles. The van der Waals surface area contributed by atoms with Crippen LogP contribution in [0.2, 0.25) is 0 Å². The van der Waals surface area contributed by atoms with E-state index in [-0.39, 0.29) is 4.83 Å². The molecule has 1 aromatic carbocycles. The molecule has 0 amide bonds. The third-order valence-corrected chi connectivity index (χ3v) is 6.28. The number of hydrogen-bond acceptors (Lipinski definition) is 3. The van der Waals surface area contributed by atoms with Crippen LogP contribution in [0.4, 0.5) is 0 Å². The Morgan fingerprint density at radius 3 is 2.52 bits per heavy atom. The Balaban J connectivity index is 1.89. The Bertz CT molecular complexity index is 631. The van der Waals surface area contributed by atoms with Crippen LogP contribution < -0.4 is 9.47 Å². The van der Waals surface area contributed by atoms with Crippen LogP contribution in [0.25, 0.3) is 0 Å². The van der Waals surface area contributed by atoms with Crippen LogP contribution >= 0.6 is 27.3 Å². The number of rotatable bonds is 2. The largest absolute Gasteiger partial charge is 0.489 e. The molecule has 0 N–H and O–H groups in total.